The van der Waals surface area contributed by atoms with Gasteiger partial charge in [0.25, 0.3) is 5.91 Å². The van der Waals surface area contributed by atoms with E-state index in [-0.39, 0.29) is 23.8 Å². The molecule has 0 bridgehead atoms. The Bertz CT molecular complexity index is 875. The van der Waals surface area contributed by atoms with Crippen LogP contribution in [0.15, 0.2) is 52.1 Å². The summed E-state index contributed by atoms with van der Waals surface area (Å²) in [7, 11) is -3.56. The van der Waals surface area contributed by atoms with Gasteiger partial charge in [-0.2, -0.15) is 4.31 Å². The van der Waals surface area contributed by atoms with Crippen molar-refractivity contribution in [3.63, 3.8) is 0 Å². The molecule has 1 amide bonds. The zero-order valence-electron chi connectivity index (χ0n) is 14.4. The SMILES string of the molecule is O=C(COC(=O)C1CCN(S(=O)(=O)c2ccccc2)CC1)Nc1ccon1. The zero-order chi connectivity index (χ0) is 19.3. The second kappa shape index (κ2) is 8.31. The lowest BCUT2D eigenvalue weighted by molar-refractivity contribution is -0.152. The molecule has 0 radical (unpaired) electrons. The third-order valence-electron chi connectivity index (χ3n) is 4.22. The summed E-state index contributed by atoms with van der Waals surface area (Å²) in [5.74, 6) is -1.24. The van der Waals surface area contributed by atoms with Gasteiger partial charge in [0.15, 0.2) is 12.4 Å². The van der Waals surface area contributed by atoms with Crippen molar-refractivity contribution in [2.75, 3.05) is 25.0 Å². The van der Waals surface area contributed by atoms with Crippen LogP contribution in [0.2, 0.25) is 0 Å². The third kappa shape index (κ3) is 4.72. The Morgan fingerprint density at radius 3 is 2.52 bits per heavy atom. The standard InChI is InChI=1S/C17H19N3O6S/c21-16(18-15-8-11-26-19-15)12-25-17(22)13-6-9-20(10-7-13)27(23,24)14-4-2-1-3-5-14/h1-5,8,11,13H,6-7,9-10,12H2,(H,18,19,21). The van der Waals surface area contributed by atoms with Gasteiger partial charge < -0.3 is 14.6 Å². The van der Waals surface area contributed by atoms with Gasteiger partial charge in [0, 0.05) is 19.2 Å². The molecule has 1 N–H and O–H groups in total. The number of hydrogen-bond donors (Lipinski definition) is 1. The van der Waals surface area contributed by atoms with E-state index in [9.17, 15) is 18.0 Å². The summed E-state index contributed by atoms with van der Waals surface area (Å²) in [5.41, 5.74) is 0. The van der Waals surface area contributed by atoms with E-state index in [0.717, 1.165) is 0 Å². The van der Waals surface area contributed by atoms with Gasteiger partial charge in [-0.05, 0) is 25.0 Å². The number of benzene rings is 1. The lowest BCUT2D eigenvalue weighted by atomic mass is 9.98. The summed E-state index contributed by atoms with van der Waals surface area (Å²) in [6, 6.07) is 9.64. The van der Waals surface area contributed by atoms with E-state index >= 15 is 0 Å². The highest BCUT2D eigenvalue weighted by molar-refractivity contribution is 7.89. The third-order valence-corrected chi connectivity index (χ3v) is 6.13. The Balaban J connectivity index is 1.47. The summed E-state index contributed by atoms with van der Waals surface area (Å²) in [6.45, 7) is 0.0124. The minimum Gasteiger partial charge on any atom is -0.455 e. The highest BCUT2D eigenvalue weighted by Crippen LogP contribution is 2.24. The second-order valence-electron chi connectivity index (χ2n) is 6.03. The first kappa shape index (κ1) is 19.1. The maximum atomic E-state index is 12.6. The molecule has 10 heteroatoms. The predicted octanol–water partition coefficient (Wildman–Crippen LogP) is 1.26. The Hall–Kier alpha value is -2.72. The largest absolute Gasteiger partial charge is 0.455 e. The molecule has 1 aliphatic heterocycles. The van der Waals surface area contributed by atoms with Crippen LogP contribution < -0.4 is 5.32 Å². The number of piperidine rings is 1. The smallest absolute Gasteiger partial charge is 0.309 e. The van der Waals surface area contributed by atoms with Crippen molar-refractivity contribution >= 4 is 27.7 Å². The van der Waals surface area contributed by atoms with Gasteiger partial charge in [-0.3, -0.25) is 9.59 Å². The molecule has 1 saturated heterocycles. The molecule has 2 aromatic rings. The number of rotatable bonds is 6. The number of carbonyl (C=O) groups excluding carboxylic acids is 2. The van der Waals surface area contributed by atoms with Crippen molar-refractivity contribution in [1.82, 2.24) is 9.46 Å². The Labute approximate surface area is 156 Å². The molecular formula is C17H19N3O6S. The van der Waals surface area contributed by atoms with Crippen LogP contribution >= 0.6 is 0 Å². The lowest BCUT2D eigenvalue weighted by Gasteiger charge is -2.30. The van der Waals surface area contributed by atoms with Crippen molar-refractivity contribution < 1.29 is 27.3 Å². The van der Waals surface area contributed by atoms with E-state index in [1.807, 2.05) is 0 Å². The fourth-order valence-corrected chi connectivity index (χ4v) is 4.27. The molecule has 0 aliphatic carbocycles. The molecule has 144 valence electrons. The number of ether oxygens (including phenoxy) is 1. The van der Waals surface area contributed by atoms with E-state index in [1.54, 1.807) is 30.3 Å². The van der Waals surface area contributed by atoms with Gasteiger partial charge >= 0.3 is 5.97 Å². The van der Waals surface area contributed by atoms with E-state index in [0.29, 0.717) is 12.8 Å². The van der Waals surface area contributed by atoms with E-state index in [2.05, 4.69) is 15.0 Å². The van der Waals surface area contributed by atoms with Crippen LogP contribution in [0.5, 0.6) is 0 Å². The maximum absolute atomic E-state index is 12.6. The van der Waals surface area contributed by atoms with Crippen LogP contribution in [0.3, 0.4) is 0 Å². The molecule has 0 spiro atoms. The molecule has 1 aromatic carbocycles. The van der Waals surface area contributed by atoms with Crippen LogP contribution in [-0.2, 0) is 24.3 Å². The van der Waals surface area contributed by atoms with Gasteiger partial charge in [-0.1, -0.05) is 23.4 Å². The fraction of sp³-hybridized carbons (Fsp3) is 0.353. The van der Waals surface area contributed by atoms with E-state index in [4.69, 9.17) is 4.74 Å². The highest BCUT2D eigenvalue weighted by Gasteiger charge is 2.32. The first-order valence-electron chi connectivity index (χ1n) is 8.39. The topological polar surface area (TPSA) is 119 Å². The maximum Gasteiger partial charge on any atom is 0.309 e. The monoisotopic (exact) mass is 393 g/mol. The molecule has 1 fully saturated rings. The molecule has 0 unspecified atom stereocenters. The van der Waals surface area contributed by atoms with Gasteiger partial charge in [-0.15, -0.1) is 0 Å². The Kier molecular flexibility index (Phi) is 5.87. The molecule has 0 atom stereocenters. The van der Waals surface area contributed by atoms with Crippen LogP contribution in [0.25, 0.3) is 0 Å². The number of esters is 1. The van der Waals surface area contributed by atoms with Gasteiger partial charge in [0.05, 0.1) is 10.8 Å². The van der Waals surface area contributed by atoms with Gasteiger partial charge in [0.1, 0.15) is 6.26 Å². The molecule has 2 heterocycles. The number of anilines is 1. The summed E-state index contributed by atoms with van der Waals surface area (Å²) in [5, 5.41) is 5.94. The van der Waals surface area contributed by atoms with Crippen molar-refractivity contribution in [2.45, 2.75) is 17.7 Å². The summed E-state index contributed by atoms with van der Waals surface area (Å²) in [4.78, 5) is 24.0. The van der Waals surface area contributed by atoms with Crippen LogP contribution in [0, 0.1) is 5.92 Å². The number of amides is 1. The molecular weight excluding hydrogens is 374 g/mol. The average Bonchev–Trinajstić information content (AvgIpc) is 3.20. The number of carbonyl (C=O) groups is 2. The Morgan fingerprint density at radius 1 is 1.19 bits per heavy atom. The predicted molar refractivity (Wildman–Crippen MR) is 94.0 cm³/mol. The molecule has 1 aliphatic rings. The average molecular weight is 393 g/mol. The Morgan fingerprint density at radius 2 is 1.89 bits per heavy atom. The van der Waals surface area contributed by atoms with Crippen molar-refractivity contribution in [3.05, 3.63) is 42.7 Å². The quantitative estimate of drug-likeness (QED) is 0.734. The van der Waals surface area contributed by atoms with Gasteiger partial charge in [-0.25, -0.2) is 8.42 Å². The van der Waals surface area contributed by atoms with Crippen molar-refractivity contribution in [2.24, 2.45) is 5.92 Å². The number of hydrogen-bond acceptors (Lipinski definition) is 7. The summed E-state index contributed by atoms with van der Waals surface area (Å²) >= 11 is 0. The molecule has 9 nitrogen and oxygen atoms in total. The van der Waals surface area contributed by atoms with E-state index < -0.39 is 34.4 Å². The molecule has 0 saturated carbocycles. The first-order valence-corrected chi connectivity index (χ1v) is 9.83. The summed E-state index contributed by atoms with van der Waals surface area (Å²) in [6.07, 6.45) is 1.99. The van der Waals surface area contributed by atoms with Crippen molar-refractivity contribution in [1.29, 1.82) is 0 Å². The van der Waals surface area contributed by atoms with Crippen LogP contribution in [0.1, 0.15) is 12.8 Å². The van der Waals surface area contributed by atoms with Crippen LogP contribution in [0.4, 0.5) is 5.82 Å². The minimum absolute atomic E-state index is 0.224. The number of aromatic nitrogens is 1. The molecule has 27 heavy (non-hydrogen) atoms. The van der Waals surface area contributed by atoms with E-state index in [1.165, 1.54) is 16.6 Å². The van der Waals surface area contributed by atoms with Gasteiger partial charge in [0.2, 0.25) is 10.0 Å². The first-order chi connectivity index (χ1) is 13.0. The fourth-order valence-electron chi connectivity index (χ4n) is 2.78. The molecule has 3 rings (SSSR count). The van der Waals surface area contributed by atoms with Crippen LogP contribution in [-0.4, -0.2) is 49.5 Å². The minimum atomic E-state index is -3.56. The normalized spacial score (nSPS) is 16.0. The zero-order valence-corrected chi connectivity index (χ0v) is 15.2. The highest BCUT2D eigenvalue weighted by atomic mass is 32.2. The number of nitrogens with zero attached hydrogens (tertiary/aromatic N) is 2. The number of sulfonamides is 1. The molecule has 1 aromatic heterocycles. The second-order valence-corrected chi connectivity index (χ2v) is 7.97. The lowest BCUT2D eigenvalue weighted by Crippen LogP contribution is -2.40. The van der Waals surface area contributed by atoms with Crippen molar-refractivity contribution in [3.8, 4) is 0 Å². The summed E-state index contributed by atoms with van der Waals surface area (Å²) < 4.78 is 36.1. The number of nitrogens with one attached hydrogen (secondary N) is 1.